The van der Waals surface area contributed by atoms with Gasteiger partial charge in [-0.25, -0.2) is 0 Å². The van der Waals surface area contributed by atoms with Crippen LogP contribution in [0.4, 0.5) is 0 Å². The summed E-state index contributed by atoms with van der Waals surface area (Å²) in [5.74, 6) is 0. The molecule has 5 aromatic rings. The fraction of sp³-hybridized carbons (Fsp3) is 0.0400. The Labute approximate surface area is 152 Å². The van der Waals surface area contributed by atoms with Gasteiger partial charge in [0.25, 0.3) is 0 Å². The van der Waals surface area contributed by atoms with Crippen molar-refractivity contribution in [3.8, 4) is 22.3 Å². The Hall–Kier alpha value is -3.32. The van der Waals surface area contributed by atoms with Crippen LogP contribution in [0.2, 0.25) is 0 Å². The largest absolute Gasteiger partial charge is 0.456 e. The zero-order valence-electron chi connectivity index (χ0n) is 14.6. The Balaban J connectivity index is 1.78. The van der Waals surface area contributed by atoms with Gasteiger partial charge in [-0.05, 0) is 59.0 Å². The van der Waals surface area contributed by atoms with Crippen molar-refractivity contribution in [2.75, 3.05) is 0 Å². The molecular weight excluding hydrogens is 316 g/mol. The molecule has 0 unspecified atom stereocenters. The molecule has 0 fully saturated rings. The SMILES string of the molecule is Cc1cc(-c2ccccc2)cc2c1oc1ccc(-c3ccccc3)cc12. The lowest BCUT2D eigenvalue weighted by Gasteiger charge is -2.04. The summed E-state index contributed by atoms with van der Waals surface area (Å²) in [7, 11) is 0. The monoisotopic (exact) mass is 334 g/mol. The predicted molar refractivity (Wildman–Crippen MR) is 109 cm³/mol. The molecule has 0 radical (unpaired) electrons. The molecule has 4 aromatic carbocycles. The Morgan fingerprint density at radius 2 is 1.15 bits per heavy atom. The zero-order valence-corrected chi connectivity index (χ0v) is 14.6. The van der Waals surface area contributed by atoms with Gasteiger partial charge in [0.15, 0.2) is 0 Å². The topological polar surface area (TPSA) is 13.1 Å². The van der Waals surface area contributed by atoms with Crippen LogP contribution in [0.1, 0.15) is 5.56 Å². The number of hydrogen-bond acceptors (Lipinski definition) is 1. The van der Waals surface area contributed by atoms with Crippen molar-refractivity contribution in [3.63, 3.8) is 0 Å². The minimum Gasteiger partial charge on any atom is -0.456 e. The molecule has 0 saturated carbocycles. The first-order chi connectivity index (χ1) is 12.8. The molecule has 5 rings (SSSR count). The van der Waals surface area contributed by atoms with Gasteiger partial charge in [0.2, 0.25) is 0 Å². The van der Waals surface area contributed by atoms with Gasteiger partial charge in [0.05, 0.1) is 0 Å². The molecule has 1 heterocycles. The highest BCUT2D eigenvalue weighted by atomic mass is 16.3. The summed E-state index contributed by atoms with van der Waals surface area (Å²) in [6.07, 6.45) is 0. The van der Waals surface area contributed by atoms with E-state index in [2.05, 4.69) is 85.8 Å². The molecule has 0 bridgehead atoms. The van der Waals surface area contributed by atoms with Crippen LogP contribution in [0, 0.1) is 6.92 Å². The van der Waals surface area contributed by atoms with Gasteiger partial charge < -0.3 is 4.42 Å². The first-order valence-electron chi connectivity index (χ1n) is 8.87. The van der Waals surface area contributed by atoms with E-state index in [-0.39, 0.29) is 0 Å². The van der Waals surface area contributed by atoms with Crippen molar-refractivity contribution >= 4 is 21.9 Å². The highest BCUT2D eigenvalue weighted by Gasteiger charge is 2.12. The van der Waals surface area contributed by atoms with Gasteiger partial charge >= 0.3 is 0 Å². The molecule has 0 aliphatic carbocycles. The van der Waals surface area contributed by atoms with Gasteiger partial charge in [0, 0.05) is 10.8 Å². The van der Waals surface area contributed by atoms with Crippen molar-refractivity contribution < 1.29 is 4.42 Å². The maximum absolute atomic E-state index is 6.16. The van der Waals surface area contributed by atoms with Crippen LogP contribution in [-0.4, -0.2) is 0 Å². The van der Waals surface area contributed by atoms with Gasteiger partial charge in [-0.1, -0.05) is 66.7 Å². The van der Waals surface area contributed by atoms with Crippen molar-refractivity contribution in [2.24, 2.45) is 0 Å². The Morgan fingerprint density at radius 1 is 0.538 bits per heavy atom. The highest BCUT2D eigenvalue weighted by molar-refractivity contribution is 6.08. The predicted octanol–water partition coefficient (Wildman–Crippen LogP) is 7.23. The number of rotatable bonds is 2. The average Bonchev–Trinajstić information content (AvgIpc) is 3.08. The van der Waals surface area contributed by atoms with Gasteiger partial charge in [0.1, 0.15) is 11.2 Å². The Morgan fingerprint density at radius 3 is 1.85 bits per heavy atom. The van der Waals surface area contributed by atoms with E-state index in [0.29, 0.717) is 0 Å². The molecule has 26 heavy (non-hydrogen) atoms. The quantitative estimate of drug-likeness (QED) is 0.332. The Kier molecular flexibility index (Phi) is 3.39. The van der Waals surface area contributed by atoms with Crippen LogP contribution in [-0.2, 0) is 0 Å². The summed E-state index contributed by atoms with van der Waals surface area (Å²) < 4.78 is 6.16. The minimum absolute atomic E-state index is 0.938. The van der Waals surface area contributed by atoms with Crippen molar-refractivity contribution in [1.29, 1.82) is 0 Å². The number of benzene rings is 4. The normalized spacial score (nSPS) is 11.3. The second-order valence-corrected chi connectivity index (χ2v) is 6.71. The number of furan rings is 1. The van der Waals surface area contributed by atoms with E-state index >= 15 is 0 Å². The molecule has 0 aliphatic heterocycles. The van der Waals surface area contributed by atoms with Crippen molar-refractivity contribution in [1.82, 2.24) is 0 Å². The zero-order chi connectivity index (χ0) is 17.5. The molecule has 0 amide bonds. The van der Waals surface area contributed by atoms with Crippen LogP contribution in [0.15, 0.2) is 95.4 Å². The van der Waals surface area contributed by atoms with Crippen molar-refractivity contribution in [3.05, 3.63) is 96.6 Å². The molecule has 0 N–H and O–H groups in total. The molecule has 0 aliphatic rings. The lowest BCUT2D eigenvalue weighted by Crippen LogP contribution is -1.81. The molecule has 1 aromatic heterocycles. The molecule has 124 valence electrons. The molecule has 0 atom stereocenters. The summed E-state index contributed by atoms with van der Waals surface area (Å²) >= 11 is 0. The van der Waals surface area contributed by atoms with Gasteiger partial charge in [-0.3, -0.25) is 0 Å². The summed E-state index contributed by atoms with van der Waals surface area (Å²) in [5, 5.41) is 2.35. The highest BCUT2D eigenvalue weighted by Crippen LogP contribution is 2.36. The lowest BCUT2D eigenvalue weighted by atomic mass is 9.98. The minimum atomic E-state index is 0.938. The fourth-order valence-electron chi connectivity index (χ4n) is 3.66. The summed E-state index contributed by atoms with van der Waals surface area (Å²) in [6, 6.07) is 31.9. The average molecular weight is 334 g/mol. The lowest BCUT2D eigenvalue weighted by molar-refractivity contribution is 0.666. The number of fused-ring (bicyclic) bond motifs is 3. The molecule has 0 spiro atoms. The third-order valence-electron chi connectivity index (χ3n) is 4.97. The third kappa shape index (κ3) is 2.41. The third-order valence-corrected chi connectivity index (χ3v) is 4.97. The van der Waals surface area contributed by atoms with Gasteiger partial charge in [-0.2, -0.15) is 0 Å². The first-order valence-corrected chi connectivity index (χ1v) is 8.87. The second kappa shape index (κ2) is 5.89. The van der Waals surface area contributed by atoms with Gasteiger partial charge in [-0.15, -0.1) is 0 Å². The standard InChI is InChI=1S/C25H18O/c1-17-14-21(19-10-6-3-7-11-19)16-23-22-15-20(18-8-4-2-5-9-18)12-13-24(22)26-25(17)23/h2-16H,1H3. The maximum Gasteiger partial charge on any atom is 0.138 e. The van der Waals surface area contributed by atoms with E-state index in [1.165, 1.54) is 38.6 Å². The summed E-state index contributed by atoms with van der Waals surface area (Å²) in [5.41, 5.74) is 7.97. The van der Waals surface area contributed by atoms with Crippen LogP contribution >= 0.6 is 0 Å². The Bertz CT molecular complexity index is 1210. The van der Waals surface area contributed by atoms with E-state index < -0.39 is 0 Å². The number of hydrogen-bond donors (Lipinski definition) is 0. The van der Waals surface area contributed by atoms with Crippen molar-refractivity contribution in [2.45, 2.75) is 6.92 Å². The van der Waals surface area contributed by atoms with Crippen LogP contribution in [0.3, 0.4) is 0 Å². The fourth-order valence-corrected chi connectivity index (χ4v) is 3.66. The smallest absolute Gasteiger partial charge is 0.138 e. The van der Waals surface area contributed by atoms with E-state index in [1.807, 2.05) is 12.1 Å². The van der Waals surface area contributed by atoms with Crippen LogP contribution < -0.4 is 0 Å². The molecule has 1 nitrogen and oxygen atoms in total. The molecule has 1 heteroatoms. The molecular formula is C25H18O. The van der Waals surface area contributed by atoms with Crippen LogP contribution in [0.5, 0.6) is 0 Å². The van der Waals surface area contributed by atoms with E-state index in [0.717, 1.165) is 11.2 Å². The first kappa shape index (κ1) is 15.0. The van der Waals surface area contributed by atoms with E-state index in [4.69, 9.17) is 4.42 Å². The number of aryl methyl sites for hydroxylation is 1. The maximum atomic E-state index is 6.16. The van der Waals surface area contributed by atoms with E-state index in [9.17, 15) is 0 Å². The van der Waals surface area contributed by atoms with E-state index in [1.54, 1.807) is 0 Å². The van der Waals surface area contributed by atoms with Crippen LogP contribution in [0.25, 0.3) is 44.2 Å². The molecule has 0 saturated heterocycles. The second-order valence-electron chi connectivity index (χ2n) is 6.71. The summed E-state index contributed by atoms with van der Waals surface area (Å²) in [4.78, 5) is 0. The summed E-state index contributed by atoms with van der Waals surface area (Å²) in [6.45, 7) is 2.12.